The van der Waals surface area contributed by atoms with E-state index >= 15 is 0 Å². The third-order valence-electron chi connectivity index (χ3n) is 5.30. The fraction of sp³-hybridized carbons (Fsp3) is 0.455. The normalized spacial score (nSPS) is 14.1. The predicted molar refractivity (Wildman–Crippen MR) is 134 cm³/mol. The van der Waals surface area contributed by atoms with Crippen molar-refractivity contribution in [1.82, 2.24) is 19.9 Å². The van der Waals surface area contributed by atoms with E-state index in [0.29, 0.717) is 22.8 Å². The van der Waals surface area contributed by atoms with Gasteiger partial charge in [0.25, 0.3) is 0 Å². The van der Waals surface area contributed by atoms with Gasteiger partial charge in [0.05, 0.1) is 17.0 Å². The molecule has 1 aromatic rings. The SMILES string of the molecule is C=C(/C(F)=C(\C)F)N(N)/C(=N\N)c1cc(/C(N)=C/N(N)CC(C)N(CC)CCCC)cnc1N. The number of pyridine rings is 1. The van der Waals surface area contributed by atoms with Crippen LogP contribution < -0.4 is 29.0 Å². The standard InChI is InChI=1S/C22H38F2N10/c1-6-8-9-32(7-2)14(3)12-33(28)13-19(25)17-10-18(21(26)30-11-17)22(31-27)34(29)16(5)20(24)15(4)23/h10-11,13-14H,5-9,12,25,27-29H2,1-4H3,(H2,26,30)/b19-13-,20-15-,31-22-. The van der Waals surface area contributed by atoms with Crippen molar-refractivity contribution in [1.29, 1.82) is 0 Å². The van der Waals surface area contributed by atoms with Crippen LogP contribution in [-0.4, -0.2) is 51.4 Å². The lowest BCUT2D eigenvalue weighted by Crippen LogP contribution is -2.43. The van der Waals surface area contributed by atoms with E-state index in [4.69, 9.17) is 29.0 Å². The minimum atomic E-state index is -1.25. The van der Waals surface area contributed by atoms with Gasteiger partial charge in [-0.05, 0) is 39.4 Å². The fourth-order valence-electron chi connectivity index (χ4n) is 3.28. The molecule has 1 unspecified atom stereocenters. The van der Waals surface area contributed by atoms with Crippen LogP contribution in [0, 0.1) is 0 Å². The fourth-order valence-corrected chi connectivity index (χ4v) is 3.28. The molecule has 0 amide bonds. The summed E-state index contributed by atoms with van der Waals surface area (Å²) in [4.78, 5) is 6.44. The lowest BCUT2D eigenvalue weighted by Gasteiger charge is -2.30. The van der Waals surface area contributed by atoms with Gasteiger partial charge in [0.1, 0.15) is 11.6 Å². The van der Waals surface area contributed by atoms with Gasteiger partial charge in [-0.15, -0.1) is 0 Å². The Kier molecular flexibility index (Phi) is 11.4. The summed E-state index contributed by atoms with van der Waals surface area (Å²) in [5.41, 5.74) is 12.6. The quantitative estimate of drug-likeness (QED) is 0.0990. The van der Waals surface area contributed by atoms with Crippen LogP contribution in [0.15, 0.2) is 47.5 Å². The molecular formula is C22H38F2N10. The molecule has 0 bridgehead atoms. The molecule has 0 saturated heterocycles. The number of unbranched alkanes of at least 4 members (excludes halogenated alkanes) is 1. The van der Waals surface area contributed by atoms with E-state index < -0.39 is 17.4 Å². The first kappa shape index (κ1) is 28.8. The highest BCUT2D eigenvalue weighted by Crippen LogP contribution is 2.22. The van der Waals surface area contributed by atoms with Crippen molar-refractivity contribution in [2.75, 3.05) is 25.4 Å². The zero-order valence-electron chi connectivity index (χ0n) is 20.4. The number of nitrogens with two attached hydrogens (primary N) is 5. The number of allylic oxidation sites excluding steroid dienone is 2. The largest absolute Gasteiger partial charge is 0.397 e. The second kappa shape index (κ2) is 13.5. The van der Waals surface area contributed by atoms with Crippen LogP contribution in [-0.2, 0) is 0 Å². The monoisotopic (exact) mass is 480 g/mol. The van der Waals surface area contributed by atoms with Crippen LogP contribution in [0.25, 0.3) is 5.70 Å². The minimum Gasteiger partial charge on any atom is -0.397 e. The Bertz CT molecular complexity index is 924. The summed E-state index contributed by atoms with van der Waals surface area (Å²) in [5, 5.41) is 5.75. The van der Waals surface area contributed by atoms with Crippen LogP contribution in [0.2, 0.25) is 0 Å². The Morgan fingerprint density at radius 3 is 2.47 bits per heavy atom. The summed E-state index contributed by atoms with van der Waals surface area (Å²) in [5.74, 6) is 15.0. The molecule has 1 rings (SSSR count). The highest BCUT2D eigenvalue weighted by molar-refractivity contribution is 6.03. The Balaban J connectivity index is 3.15. The molecular weight excluding hydrogens is 442 g/mol. The van der Waals surface area contributed by atoms with Gasteiger partial charge in [-0.25, -0.2) is 25.5 Å². The van der Waals surface area contributed by atoms with Crippen molar-refractivity contribution in [3.63, 3.8) is 0 Å². The van der Waals surface area contributed by atoms with Crippen LogP contribution in [0.4, 0.5) is 14.6 Å². The zero-order valence-corrected chi connectivity index (χ0v) is 20.4. The number of hydrazine groups is 2. The van der Waals surface area contributed by atoms with Crippen molar-refractivity contribution in [2.45, 2.75) is 46.6 Å². The third-order valence-corrected chi connectivity index (χ3v) is 5.30. The smallest absolute Gasteiger partial charge is 0.178 e. The second-order valence-corrected chi connectivity index (χ2v) is 7.89. The second-order valence-electron chi connectivity index (χ2n) is 7.89. The van der Waals surface area contributed by atoms with Crippen molar-refractivity contribution >= 4 is 17.4 Å². The van der Waals surface area contributed by atoms with Crippen LogP contribution >= 0.6 is 0 Å². The molecule has 1 atom stereocenters. The van der Waals surface area contributed by atoms with E-state index in [-0.39, 0.29) is 23.3 Å². The van der Waals surface area contributed by atoms with Gasteiger partial charge in [0.15, 0.2) is 11.7 Å². The van der Waals surface area contributed by atoms with Crippen LogP contribution in [0.5, 0.6) is 0 Å². The van der Waals surface area contributed by atoms with Gasteiger partial charge < -0.3 is 22.3 Å². The molecule has 0 aliphatic rings. The number of nitrogen functional groups attached to an aromatic ring is 1. The molecule has 1 heterocycles. The van der Waals surface area contributed by atoms with Gasteiger partial charge in [0, 0.05) is 30.5 Å². The summed E-state index contributed by atoms with van der Waals surface area (Å²) in [7, 11) is 0. The van der Waals surface area contributed by atoms with Crippen molar-refractivity contribution in [2.24, 2.45) is 28.4 Å². The molecule has 0 spiro atoms. The van der Waals surface area contributed by atoms with E-state index in [9.17, 15) is 8.78 Å². The number of nitrogens with zero attached hydrogens (tertiary/aromatic N) is 5. The zero-order chi connectivity index (χ0) is 26.0. The number of likely N-dealkylation sites (N-methyl/N-ethyl adjacent to an activating group) is 1. The predicted octanol–water partition coefficient (Wildman–Crippen LogP) is 2.09. The van der Waals surface area contributed by atoms with Gasteiger partial charge in [-0.1, -0.05) is 26.8 Å². The summed E-state index contributed by atoms with van der Waals surface area (Å²) in [6.07, 6.45) is 5.25. The topological polar surface area (TPSA) is 165 Å². The average Bonchev–Trinajstić information content (AvgIpc) is 2.79. The molecule has 0 aliphatic heterocycles. The Morgan fingerprint density at radius 2 is 1.94 bits per heavy atom. The molecule has 10 nitrogen and oxygen atoms in total. The van der Waals surface area contributed by atoms with Gasteiger partial charge in [0.2, 0.25) is 0 Å². The van der Waals surface area contributed by atoms with Gasteiger partial charge in [-0.2, -0.15) is 5.10 Å². The number of anilines is 1. The number of hydrazone groups is 1. The Hall–Kier alpha value is -3.22. The van der Waals surface area contributed by atoms with E-state index in [1.807, 2.05) is 0 Å². The summed E-state index contributed by atoms with van der Waals surface area (Å²) in [6.45, 7) is 13.2. The number of aromatic nitrogens is 1. The van der Waals surface area contributed by atoms with Crippen molar-refractivity contribution < 1.29 is 8.78 Å². The molecule has 190 valence electrons. The molecule has 34 heavy (non-hydrogen) atoms. The van der Waals surface area contributed by atoms with Gasteiger partial charge in [-0.3, -0.25) is 9.91 Å². The first-order valence-electron chi connectivity index (χ1n) is 11.0. The van der Waals surface area contributed by atoms with Crippen LogP contribution in [0.3, 0.4) is 0 Å². The van der Waals surface area contributed by atoms with Crippen molar-refractivity contribution in [3.8, 4) is 0 Å². The molecule has 0 fully saturated rings. The number of amidine groups is 1. The first-order valence-corrected chi connectivity index (χ1v) is 11.0. The highest BCUT2D eigenvalue weighted by atomic mass is 19.2. The number of hydrogen-bond acceptors (Lipinski definition) is 9. The minimum absolute atomic E-state index is 0.00176. The van der Waals surface area contributed by atoms with Crippen molar-refractivity contribution in [3.05, 3.63) is 53.5 Å². The lowest BCUT2D eigenvalue weighted by molar-refractivity contribution is 0.177. The third kappa shape index (κ3) is 7.68. The summed E-state index contributed by atoms with van der Waals surface area (Å²) >= 11 is 0. The number of hydrogen-bond donors (Lipinski definition) is 5. The van der Waals surface area contributed by atoms with Gasteiger partial charge >= 0.3 is 0 Å². The molecule has 0 saturated carbocycles. The van der Waals surface area contributed by atoms with E-state index in [0.717, 1.165) is 32.9 Å². The average molecular weight is 481 g/mol. The summed E-state index contributed by atoms with van der Waals surface area (Å²) < 4.78 is 27.3. The lowest BCUT2D eigenvalue weighted by atomic mass is 10.1. The number of rotatable bonds is 12. The van der Waals surface area contributed by atoms with E-state index in [2.05, 4.69) is 42.3 Å². The Labute approximate surface area is 200 Å². The molecule has 10 N–H and O–H groups in total. The molecule has 12 heteroatoms. The molecule has 0 aliphatic carbocycles. The first-order chi connectivity index (χ1) is 16.0. The number of halogens is 2. The highest BCUT2D eigenvalue weighted by Gasteiger charge is 2.22. The van der Waals surface area contributed by atoms with E-state index in [1.165, 1.54) is 17.3 Å². The Morgan fingerprint density at radius 1 is 1.29 bits per heavy atom. The maximum atomic E-state index is 14.0. The molecule has 0 radical (unpaired) electrons. The maximum Gasteiger partial charge on any atom is 0.178 e. The maximum absolute atomic E-state index is 14.0. The van der Waals surface area contributed by atoms with E-state index in [1.54, 1.807) is 6.20 Å². The molecule has 1 aromatic heterocycles. The molecule has 0 aromatic carbocycles. The van der Waals surface area contributed by atoms with Crippen LogP contribution in [0.1, 0.15) is 51.7 Å². The summed E-state index contributed by atoms with van der Waals surface area (Å²) in [6, 6.07) is 1.73.